The van der Waals surface area contributed by atoms with E-state index in [0.717, 1.165) is 16.9 Å². The summed E-state index contributed by atoms with van der Waals surface area (Å²) in [5, 5.41) is 2.98. The smallest absolute Gasteiger partial charge is 0.238 e. The van der Waals surface area contributed by atoms with Gasteiger partial charge in [-0.3, -0.25) is 4.79 Å². The van der Waals surface area contributed by atoms with Crippen LogP contribution in [0.4, 0.5) is 0 Å². The van der Waals surface area contributed by atoms with Crippen molar-refractivity contribution in [2.75, 3.05) is 6.61 Å². The lowest BCUT2D eigenvalue weighted by Gasteiger charge is -2.11. The number of carbonyl (C=O) groups excluding carboxylic acids is 1. The molecule has 0 saturated carbocycles. The van der Waals surface area contributed by atoms with E-state index in [4.69, 9.17) is 4.74 Å². The summed E-state index contributed by atoms with van der Waals surface area (Å²) in [5.41, 5.74) is 8.53. The average molecular weight is 325 g/mol. The van der Waals surface area contributed by atoms with Crippen molar-refractivity contribution >= 4 is 5.91 Å². The molecular formula is C19H23N3O2. The van der Waals surface area contributed by atoms with Crippen molar-refractivity contribution in [2.24, 2.45) is 0 Å². The largest absolute Gasteiger partial charge is 0.494 e. The third-order valence-corrected chi connectivity index (χ3v) is 4.12. The van der Waals surface area contributed by atoms with Crippen molar-refractivity contribution in [3.63, 3.8) is 0 Å². The fraction of sp³-hybridized carbons (Fsp3) is 0.316. The first-order valence-electron chi connectivity index (χ1n) is 8.31. The van der Waals surface area contributed by atoms with Gasteiger partial charge in [-0.25, -0.2) is 10.9 Å². The number of rotatable bonds is 6. The molecule has 1 saturated heterocycles. The Morgan fingerprint density at radius 2 is 1.88 bits per heavy atom. The van der Waals surface area contributed by atoms with Crippen molar-refractivity contribution in [1.29, 1.82) is 0 Å². The minimum atomic E-state index is -0.231. The summed E-state index contributed by atoms with van der Waals surface area (Å²) in [7, 11) is 0. The lowest BCUT2D eigenvalue weighted by molar-refractivity contribution is -0.123. The highest BCUT2D eigenvalue weighted by molar-refractivity contribution is 5.82. The second-order valence-electron chi connectivity index (χ2n) is 5.84. The molecule has 2 unspecified atom stereocenters. The molecule has 2 aromatic rings. The first-order chi connectivity index (χ1) is 11.8. The van der Waals surface area contributed by atoms with Gasteiger partial charge in [0, 0.05) is 12.6 Å². The van der Waals surface area contributed by atoms with E-state index in [1.807, 2.05) is 61.5 Å². The Morgan fingerprint density at radius 1 is 1.12 bits per heavy atom. The third-order valence-electron chi connectivity index (χ3n) is 4.12. The Hall–Kier alpha value is -2.37. The standard InChI is InChI=1S/C19H23N3O2/c1-2-24-16-10-8-15(9-11-16)17-12-18(22-21-17)19(23)20-13-14-6-4-3-5-7-14/h3-11,17-18,21-22H,2,12-13H2,1H3,(H,20,23). The topological polar surface area (TPSA) is 62.4 Å². The predicted octanol–water partition coefficient (Wildman–Crippen LogP) is 2.31. The molecule has 1 heterocycles. The maximum atomic E-state index is 12.3. The van der Waals surface area contributed by atoms with Crippen LogP contribution in [0.5, 0.6) is 5.75 Å². The van der Waals surface area contributed by atoms with Gasteiger partial charge in [-0.1, -0.05) is 42.5 Å². The summed E-state index contributed by atoms with van der Waals surface area (Å²) >= 11 is 0. The molecule has 126 valence electrons. The Bertz CT molecular complexity index is 658. The number of ether oxygens (including phenoxy) is 1. The third kappa shape index (κ3) is 4.13. The van der Waals surface area contributed by atoms with E-state index in [9.17, 15) is 4.79 Å². The highest BCUT2D eigenvalue weighted by Crippen LogP contribution is 2.24. The zero-order chi connectivity index (χ0) is 16.8. The van der Waals surface area contributed by atoms with E-state index in [1.165, 1.54) is 0 Å². The number of carbonyl (C=O) groups is 1. The van der Waals surface area contributed by atoms with Crippen molar-refractivity contribution < 1.29 is 9.53 Å². The Balaban J connectivity index is 1.51. The molecule has 0 radical (unpaired) electrons. The van der Waals surface area contributed by atoms with Gasteiger partial charge >= 0.3 is 0 Å². The molecule has 1 fully saturated rings. The molecule has 1 amide bonds. The van der Waals surface area contributed by atoms with E-state index >= 15 is 0 Å². The van der Waals surface area contributed by atoms with Crippen LogP contribution in [-0.4, -0.2) is 18.6 Å². The van der Waals surface area contributed by atoms with Crippen LogP contribution < -0.4 is 20.9 Å². The van der Waals surface area contributed by atoms with E-state index in [-0.39, 0.29) is 18.0 Å². The first kappa shape index (κ1) is 16.5. The van der Waals surface area contributed by atoms with Crippen LogP contribution in [0, 0.1) is 0 Å². The molecule has 0 aliphatic carbocycles. The molecule has 5 heteroatoms. The minimum Gasteiger partial charge on any atom is -0.494 e. The molecule has 0 bridgehead atoms. The molecule has 0 aromatic heterocycles. The lowest BCUT2D eigenvalue weighted by atomic mass is 10.0. The molecule has 1 aliphatic rings. The number of hydrogen-bond donors (Lipinski definition) is 3. The summed E-state index contributed by atoms with van der Waals surface area (Å²) in [5.74, 6) is 0.879. The monoisotopic (exact) mass is 325 g/mol. The van der Waals surface area contributed by atoms with E-state index in [2.05, 4.69) is 16.2 Å². The van der Waals surface area contributed by atoms with Gasteiger partial charge in [-0.15, -0.1) is 0 Å². The number of benzene rings is 2. The second-order valence-corrected chi connectivity index (χ2v) is 5.84. The number of hydrazine groups is 1. The van der Waals surface area contributed by atoms with Gasteiger partial charge in [-0.2, -0.15) is 0 Å². The van der Waals surface area contributed by atoms with Crippen LogP contribution in [0.2, 0.25) is 0 Å². The normalized spacial score (nSPS) is 19.9. The molecule has 2 aromatic carbocycles. The summed E-state index contributed by atoms with van der Waals surface area (Å²) < 4.78 is 5.46. The fourth-order valence-corrected chi connectivity index (χ4v) is 2.82. The van der Waals surface area contributed by atoms with Crippen molar-refractivity contribution in [2.45, 2.75) is 32.0 Å². The zero-order valence-corrected chi connectivity index (χ0v) is 13.8. The van der Waals surface area contributed by atoms with Crippen molar-refractivity contribution in [3.8, 4) is 5.75 Å². The summed E-state index contributed by atoms with van der Waals surface area (Å²) in [6.45, 7) is 3.17. The molecular weight excluding hydrogens is 302 g/mol. The summed E-state index contributed by atoms with van der Waals surface area (Å²) in [4.78, 5) is 12.3. The molecule has 3 rings (SSSR count). The Kier molecular flexibility index (Phi) is 5.46. The number of nitrogens with one attached hydrogen (secondary N) is 3. The van der Waals surface area contributed by atoms with Gasteiger partial charge in [0.2, 0.25) is 5.91 Å². The van der Waals surface area contributed by atoms with Gasteiger partial charge in [0.1, 0.15) is 11.8 Å². The molecule has 3 N–H and O–H groups in total. The van der Waals surface area contributed by atoms with Crippen LogP contribution >= 0.6 is 0 Å². The highest BCUT2D eigenvalue weighted by Gasteiger charge is 2.29. The average Bonchev–Trinajstić information content (AvgIpc) is 3.12. The van der Waals surface area contributed by atoms with Crippen LogP contribution in [0.25, 0.3) is 0 Å². The predicted molar refractivity (Wildman–Crippen MR) is 93.3 cm³/mol. The molecule has 0 spiro atoms. The van der Waals surface area contributed by atoms with Crippen molar-refractivity contribution in [3.05, 3.63) is 65.7 Å². The van der Waals surface area contributed by atoms with E-state index in [0.29, 0.717) is 19.6 Å². The zero-order valence-electron chi connectivity index (χ0n) is 13.8. The minimum absolute atomic E-state index is 0.0137. The maximum Gasteiger partial charge on any atom is 0.238 e. The fourth-order valence-electron chi connectivity index (χ4n) is 2.82. The Morgan fingerprint density at radius 3 is 2.58 bits per heavy atom. The van der Waals surface area contributed by atoms with Gasteiger partial charge in [0.25, 0.3) is 0 Å². The summed E-state index contributed by atoms with van der Waals surface area (Å²) in [6, 6.07) is 17.8. The highest BCUT2D eigenvalue weighted by atomic mass is 16.5. The second kappa shape index (κ2) is 7.95. The van der Waals surface area contributed by atoms with Crippen LogP contribution in [0.3, 0.4) is 0 Å². The van der Waals surface area contributed by atoms with Crippen molar-refractivity contribution in [1.82, 2.24) is 16.2 Å². The van der Waals surface area contributed by atoms with E-state index < -0.39 is 0 Å². The summed E-state index contributed by atoms with van der Waals surface area (Å²) in [6.07, 6.45) is 0.717. The molecule has 1 aliphatic heterocycles. The Labute approximate surface area is 142 Å². The quantitative estimate of drug-likeness (QED) is 0.763. The van der Waals surface area contributed by atoms with Gasteiger partial charge in [0.15, 0.2) is 0 Å². The van der Waals surface area contributed by atoms with E-state index in [1.54, 1.807) is 0 Å². The van der Waals surface area contributed by atoms with Crippen LogP contribution in [0.15, 0.2) is 54.6 Å². The number of hydrogen-bond acceptors (Lipinski definition) is 4. The molecule has 2 atom stereocenters. The molecule has 24 heavy (non-hydrogen) atoms. The lowest BCUT2D eigenvalue weighted by Crippen LogP contribution is -2.42. The number of amides is 1. The maximum absolute atomic E-state index is 12.3. The molecule has 5 nitrogen and oxygen atoms in total. The van der Waals surface area contributed by atoms with Gasteiger partial charge in [-0.05, 0) is 36.6 Å². The SMILES string of the molecule is CCOc1ccc(C2CC(C(=O)NCc3ccccc3)NN2)cc1. The first-order valence-corrected chi connectivity index (χ1v) is 8.31. The van der Waals surface area contributed by atoms with Crippen LogP contribution in [0.1, 0.15) is 30.5 Å². The van der Waals surface area contributed by atoms with Gasteiger partial charge in [0.05, 0.1) is 6.61 Å². The van der Waals surface area contributed by atoms with Crippen LogP contribution in [-0.2, 0) is 11.3 Å². The van der Waals surface area contributed by atoms with Gasteiger partial charge < -0.3 is 10.1 Å².